The minimum Gasteiger partial charge on any atom is -0.411 e. The molecule has 0 aliphatic carbocycles. The molecule has 0 saturated carbocycles. The maximum absolute atomic E-state index is 9.50. The van der Waals surface area contributed by atoms with Crippen molar-refractivity contribution in [1.82, 2.24) is 14.5 Å². The predicted molar refractivity (Wildman–Crippen MR) is 122 cm³/mol. The van der Waals surface area contributed by atoms with Crippen molar-refractivity contribution in [2.24, 2.45) is 5.16 Å². The van der Waals surface area contributed by atoms with Crippen LogP contribution in [0.2, 0.25) is 0 Å². The van der Waals surface area contributed by atoms with E-state index in [-0.39, 0.29) is 0 Å². The van der Waals surface area contributed by atoms with Gasteiger partial charge in [-0.1, -0.05) is 67.0 Å². The molecule has 154 valence electrons. The molecule has 6 heteroatoms. The van der Waals surface area contributed by atoms with Gasteiger partial charge in [-0.05, 0) is 30.9 Å². The molecule has 3 N–H and O–H groups in total. The van der Waals surface area contributed by atoms with Crippen LogP contribution in [0.4, 0.5) is 5.82 Å². The van der Waals surface area contributed by atoms with Gasteiger partial charge in [-0.15, -0.1) is 0 Å². The second-order valence-electron chi connectivity index (χ2n) is 7.51. The van der Waals surface area contributed by atoms with Gasteiger partial charge in [-0.2, -0.15) is 0 Å². The Hall–Kier alpha value is -3.41. The number of anilines is 1. The SMILES string of the molecule is CCCCc1nc2c(N)nc3ccccc3c2n1CCCC(=NO)c1ccccc1. The fourth-order valence-corrected chi connectivity index (χ4v) is 3.96. The Kier molecular flexibility index (Phi) is 5.93. The van der Waals surface area contributed by atoms with Gasteiger partial charge in [-0.3, -0.25) is 0 Å². The van der Waals surface area contributed by atoms with Crippen LogP contribution in [-0.4, -0.2) is 25.5 Å². The van der Waals surface area contributed by atoms with Gasteiger partial charge in [0, 0.05) is 18.4 Å². The third kappa shape index (κ3) is 3.85. The molecule has 2 heterocycles. The van der Waals surface area contributed by atoms with E-state index in [1.54, 1.807) is 0 Å². The summed E-state index contributed by atoms with van der Waals surface area (Å²) in [6.07, 6.45) is 4.58. The lowest BCUT2D eigenvalue weighted by Gasteiger charge is -2.11. The molecule has 2 aromatic heterocycles. The normalized spacial score (nSPS) is 12.1. The van der Waals surface area contributed by atoms with Crippen LogP contribution in [0.3, 0.4) is 0 Å². The highest BCUT2D eigenvalue weighted by atomic mass is 16.4. The van der Waals surface area contributed by atoms with E-state index in [0.29, 0.717) is 18.0 Å². The van der Waals surface area contributed by atoms with Crippen molar-refractivity contribution in [3.8, 4) is 0 Å². The number of unbranched alkanes of at least 4 members (excludes halogenated alkanes) is 1. The summed E-state index contributed by atoms with van der Waals surface area (Å²) in [5.74, 6) is 1.51. The Balaban J connectivity index is 1.69. The first-order valence-corrected chi connectivity index (χ1v) is 10.5. The summed E-state index contributed by atoms with van der Waals surface area (Å²) in [4.78, 5) is 9.42. The van der Waals surface area contributed by atoms with E-state index in [9.17, 15) is 5.21 Å². The summed E-state index contributed by atoms with van der Waals surface area (Å²) in [7, 11) is 0. The zero-order chi connectivity index (χ0) is 20.9. The van der Waals surface area contributed by atoms with E-state index < -0.39 is 0 Å². The van der Waals surface area contributed by atoms with Crippen molar-refractivity contribution in [2.45, 2.75) is 45.6 Å². The number of nitrogens with two attached hydrogens (primary N) is 1. The van der Waals surface area contributed by atoms with Gasteiger partial charge in [0.05, 0.1) is 16.7 Å². The van der Waals surface area contributed by atoms with Gasteiger partial charge in [0.15, 0.2) is 5.82 Å². The molecule has 0 bridgehead atoms. The average Bonchev–Trinajstić information content (AvgIpc) is 3.15. The topological polar surface area (TPSA) is 89.3 Å². The lowest BCUT2D eigenvalue weighted by atomic mass is 10.1. The number of oxime groups is 1. The molecule has 0 saturated heterocycles. The van der Waals surface area contributed by atoms with Crippen LogP contribution in [0.5, 0.6) is 0 Å². The highest BCUT2D eigenvalue weighted by Crippen LogP contribution is 2.29. The van der Waals surface area contributed by atoms with Crippen LogP contribution in [0.1, 0.15) is 44.0 Å². The second kappa shape index (κ2) is 8.95. The number of fused-ring (bicyclic) bond motifs is 3. The highest BCUT2D eigenvalue weighted by molar-refractivity contribution is 6.06. The molecule has 2 aromatic carbocycles. The first-order valence-electron chi connectivity index (χ1n) is 10.5. The number of hydrogen-bond donors (Lipinski definition) is 2. The molecule has 0 amide bonds. The van der Waals surface area contributed by atoms with E-state index in [0.717, 1.165) is 65.6 Å². The van der Waals surface area contributed by atoms with E-state index in [4.69, 9.17) is 10.7 Å². The van der Waals surface area contributed by atoms with Crippen molar-refractivity contribution in [3.05, 3.63) is 66.0 Å². The molecule has 0 aliphatic heterocycles. The van der Waals surface area contributed by atoms with Gasteiger partial charge in [0.1, 0.15) is 11.3 Å². The number of benzene rings is 2. The highest BCUT2D eigenvalue weighted by Gasteiger charge is 2.17. The van der Waals surface area contributed by atoms with E-state index >= 15 is 0 Å². The summed E-state index contributed by atoms with van der Waals surface area (Å²) >= 11 is 0. The molecule has 0 unspecified atom stereocenters. The molecule has 4 rings (SSSR count). The summed E-state index contributed by atoms with van der Waals surface area (Å²) in [5.41, 5.74) is 10.6. The quantitative estimate of drug-likeness (QED) is 0.242. The molecule has 0 aliphatic rings. The number of nitrogens with zero attached hydrogens (tertiary/aromatic N) is 4. The fraction of sp³-hybridized carbons (Fsp3) is 0.292. The van der Waals surface area contributed by atoms with Gasteiger partial charge < -0.3 is 15.5 Å². The fourth-order valence-electron chi connectivity index (χ4n) is 3.96. The van der Waals surface area contributed by atoms with E-state index in [1.807, 2.05) is 48.5 Å². The Morgan fingerprint density at radius 2 is 1.80 bits per heavy atom. The number of rotatable bonds is 8. The Labute approximate surface area is 176 Å². The number of aryl methyl sites for hydroxylation is 2. The monoisotopic (exact) mass is 401 g/mol. The maximum atomic E-state index is 9.50. The van der Waals surface area contributed by atoms with Gasteiger partial charge in [-0.25, -0.2) is 9.97 Å². The number of hydrogen-bond acceptors (Lipinski definition) is 5. The first-order chi connectivity index (χ1) is 14.7. The molecule has 0 spiro atoms. The number of pyridine rings is 1. The summed E-state index contributed by atoms with van der Waals surface area (Å²) in [6.45, 7) is 2.96. The average molecular weight is 402 g/mol. The Bertz CT molecular complexity index is 1180. The number of aromatic nitrogens is 3. The number of para-hydroxylation sites is 1. The molecule has 0 fully saturated rings. The third-order valence-electron chi connectivity index (χ3n) is 5.47. The number of nitrogen functional groups attached to an aromatic ring is 1. The molecule has 0 radical (unpaired) electrons. The minimum atomic E-state index is 0.474. The number of imidazole rings is 1. The zero-order valence-corrected chi connectivity index (χ0v) is 17.3. The Morgan fingerprint density at radius 3 is 2.57 bits per heavy atom. The lowest BCUT2D eigenvalue weighted by Crippen LogP contribution is -2.08. The predicted octanol–water partition coefficient (Wildman–Crippen LogP) is 5.17. The van der Waals surface area contributed by atoms with Crippen molar-refractivity contribution in [1.29, 1.82) is 0 Å². The molecular weight excluding hydrogens is 374 g/mol. The summed E-state index contributed by atoms with van der Waals surface area (Å²) in [5, 5.41) is 14.1. The van der Waals surface area contributed by atoms with Crippen molar-refractivity contribution in [3.63, 3.8) is 0 Å². The summed E-state index contributed by atoms with van der Waals surface area (Å²) < 4.78 is 2.28. The van der Waals surface area contributed by atoms with E-state index in [1.165, 1.54) is 0 Å². The smallest absolute Gasteiger partial charge is 0.152 e. The maximum Gasteiger partial charge on any atom is 0.152 e. The van der Waals surface area contributed by atoms with Crippen LogP contribution in [0.15, 0.2) is 59.8 Å². The standard InChI is InChI=1S/C24H27N5O/c1-2-3-15-21-27-22-23(18-12-7-8-13-20(18)26-24(22)25)29(21)16-9-14-19(28-30)17-10-5-4-6-11-17/h4-8,10-13,30H,2-3,9,14-16H2,1H3,(H2,25,26). The molecule has 0 atom stereocenters. The van der Waals surface area contributed by atoms with Gasteiger partial charge in [0.2, 0.25) is 0 Å². The largest absolute Gasteiger partial charge is 0.411 e. The van der Waals surface area contributed by atoms with Crippen LogP contribution in [0.25, 0.3) is 21.9 Å². The first kappa shape index (κ1) is 19.9. The van der Waals surface area contributed by atoms with Crippen LogP contribution >= 0.6 is 0 Å². The van der Waals surface area contributed by atoms with Crippen molar-refractivity contribution in [2.75, 3.05) is 5.73 Å². The second-order valence-corrected chi connectivity index (χ2v) is 7.51. The van der Waals surface area contributed by atoms with E-state index in [2.05, 4.69) is 27.7 Å². The van der Waals surface area contributed by atoms with Gasteiger partial charge >= 0.3 is 0 Å². The third-order valence-corrected chi connectivity index (χ3v) is 5.47. The minimum absolute atomic E-state index is 0.474. The van der Waals surface area contributed by atoms with Crippen molar-refractivity contribution < 1.29 is 5.21 Å². The lowest BCUT2D eigenvalue weighted by molar-refractivity contribution is 0.317. The molecule has 4 aromatic rings. The van der Waals surface area contributed by atoms with Crippen LogP contribution in [-0.2, 0) is 13.0 Å². The molecule has 30 heavy (non-hydrogen) atoms. The van der Waals surface area contributed by atoms with Crippen LogP contribution < -0.4 is 5.73 Å². The zero-order valence-electron chi connectivity index (χ0n) is 17.3. The molecular formula is C24H27N5O. The molecule has 6 nitrogen and oxygen atoms in total. The van der Waals surface area contributed by atoms with Crippen LogP contribution in [0, 0.1) is 0 Å². The Morgan fingerprint density at radius 1 is 1.03 bits per heavy atom. The van der Waals surface area contributed by atoms with Crippen molar-refractivity contribution >= 4 is 33.5 Å². The summed E-state index contributed by atoms with van der Waals surface area (Å²) in [6, 6.07) is 17.9. The van der Waals surface area contributed by atoms with Gasteiger partial charge in [0.25, 0.3) is 0 Å².